The molecule has 1 unspecified atom stereocenters. The Balaban J connectivity index is 1.51. The number of carboxylic acid groups (broad SMARTS) is 1. The molecule has 0 aliphatic heterocycles. The summed E-state index contributed by atoms with van der Waals surface area (Å²) in [6.45, 7) is 0. The second-order valence-electron chi connectivity index (χ2n) is 8.81. The van der Waals surface area contributed by atoms with Crippen LogP contribution in [0.4, 0.5) is 0 Å². The largest absolute Gasteiger partial charge is 0.478 e. The van der Waals surface area contributed by atoms with Gasteiger partial charge in [-0.05, 0) is 65.2 Å². The van der Waals surface area contributed by atoms with Gasteiger partial charge in [0.1, 0.15) is 22.9 Å². The molecule has 0 saturated carbocycles. The van der Waals surface area contributed by atoms with Crippen LogP contribution in [0.2, 0.25) is 10.0 Å². The number of nitrogens with zero attached hydrogens (tertiary/aromatic N) is 2. The predicted octanol–water partition coefficient (Wildman–Crippen LogP) is 7.49. The molecule has 5 rings (SSSR count). The summed E-state index contributed by atoms with van der Waals surface area (Å²) in [5, 5.41) is 10.3. The van der Waals surface area contributed by atoms with Crippen molar-refractivity contribution in [3.05, 3.63) is 124 Å². The van der Waals surface area contributed by atoms with Gasteiger partial charge in [0, 0.05) is 35.0 Å². The van der Waals surface area contributed by atoms with Gasteiger partial charge in [0.2, 0.25) is 0 Å². The summed E-state index contributed by atoms with van der Waals surface area (Å²) in [6.07, 6.45) is 4.14. The van der Waals surface area contributed by atoms with Gasteiger partial charge < -0.3 is 9.67 Å². The molecule has 4 aromatic carbocycles. The molecule has 1 atom stereocenters. The van der Waals surface area contributed by atoms with Crippen LogP contribution in [-0.2, 0) is 21.4 Å². The Morgan fingerprint density at radius 3 is 2.32 bits per heavy atom. The number of aromatic nitrogens is 2. The summed E-state index contributed by atoms with van der Waals surface area (Å²) in [5.74, 6) is -0.209. The number of imidazole rings is 1. The topological polar surface area (TPSA) is 72.2 Å². The molecular formula is C30H23Cl2N2O3S+. The summed E-state index contributed by atoms with van der Waals surface area (Å²) in [6, 6.07) is 27.9. The number of aromatic carboxylic acids is 1. The van der Waals surface area contributed by atoms with Crippen molar-refractivity contribution in [1.29, 1.82) is 0 Å². The molecule has 190 valence electrons. The van der Waals surface area contributed by atoms with Gasteiger partial charge in [0.05, 0.1) is 16.3 Å². The van der Waals surface area contributed by atoms with E-state index in [-0.39, 0.29) is 5.56 Å². The van der Waals surface area contributed by atoms with Crippen LogP contribution in [0.15, 0.2) is 102 Å². The lowest BCUT2D eigenvalue weighted by atomic mass is 10.0. The third kappa shape index (κ3) is 5.58. The summed E-state index contributed by atoms with van der Waals surface area (Å²) in [5.41, 5.74) is 5.54. The Kier molecular flexibility index (Phi) is 7.47. The van der Waals surface area contributed by atoms with E-state index in [1.807, 2.05) is 53.2 Å². The first-order chi connectivity index (χ1) is 18.3. The van der Waals surface area contributed by atoms with Crippen LogP contribution in [0.3, 0.4) is 0 Å². The minimum Gasteiger partial charge on any atom is -0.478 e. The van der Waals surface area contributed by atoms with E-state index in [2.05, 4.69) is 12.1 Å². The molecule has 1 N–H and O–H groups in total. The van der Waals surface area contributed by atoms with E-state index in [4.69, 9.17) is 28.2 Å². The Hall–Kier alpha value is -3.71. The zero-order valence-corrected chi connectivity index (χ0v) is 22.7. The van der Waals surface area contributed by atoms with E-state index in [0.29, 0.717) is 22.2 Å². The highest BCUT2D eigenvalue weighted by Gasteiger charge is 2.15. The van der Waals surface area contributed by atoms with Crippen molar-refractivity contribution in [1.82, 2.24) is 9.55 Å². The predicted molar refractivity (Wildman–Crippen MR) is 154 cm³/mol. The number of hydrogen-bond acceptors (Lipinski definition) is 3. The fraction of sp³-hybridized carbons (Fsp3) is 0.0667. The Bertz CT molecular complexity index is 1660. The normalized spacial score (nSPS) is 11.9. The average Bonchev–Trinajstić information content (AvgIpc) is 3.32. The molecule has 0 spiro atoms. The van der Waals surface area contributed by atoms with Gasteiger partial charge in [-0.15, -0.1) is 4.21 Å². The van der Waals surface area contributed by atoms with Crippen LogP contribution in [0.1, 0.15) is 21.7 Å². The van der Waals surface area contributed by atoms with E-state index >= 15 is 0 Å². The van der Waals surface area contributed by atoms with Crippen molar-refractivity contribution in [2.75, 3.05) is 6.26 Å². The minimum absolute atomic E-state index is 0.212. The van der Waals surface area contributed by atoms with Crippen LogP contribution in [-0.4, -0.2) is 26.9 Å². The van der Waals surface area contributed by atoms with Crippen molar-refractivity contribution in [3.63, 3.8) is 0 Å². The Morgan fingerprint density at radius 2 is 1.66 bits per heavy atom. The van der Waals surface area contributed by atoms with Gasteiger partial charge in [-0.2, -0.15) is 0 Å². The monoisotopic (exact) mass is 561 g/mol. The third-order valence-corrected chi connectivity index (χ3v) is 7.79. The molecule has 0 aliphatic rings. The van der Waals surface area contributed by atoms with E-state index in [1.54, 1.807) is 42.7 Å². The average molecular weight is 562 g/mol. The molecular weight excluding hydrogens is 539 g/mol. The van der Waals surface area contributed by atoms with Gasteiger partial charge in [0.25, 0.3) is 0 Å². The molecule has 38 heavy (non-hydrogen) atoms. The fourth-order valence-corrected chi connectivity index (χ4v) is 5.36. The number of hydrogen-bond donors (Lipinski definition) is 1. The lowest BCUT2D eigenvalue weighted by molar-refractivity contribution is 0.0697. The maximum absolute atomic E-state index is 11.9. The molecule has 5 aromatic rings. The quantitative estimate of drug-likeness (QED) is 0.165. The second kappa shape index (κ2) is 11.0. The zero-order valence-electron chi connectivity index (χ0n) is 20.3. The second-order valence-corrected chi connectivity index (χ2v) is 11.2. The molecule has 0 aliphatic carbocycles. The van der Waals surface area contributed by atoms with Gasteiger partial charge in [-0.1, -0.05) is 59.6 Å². The number of carboxylic acids is 1. The SMILES string of the molecule is C[SH+](=O)c1cccc(-c2ccc(Cc3nc(-c4ccc(Cl)cc4Cl)cn3-c3ccc(C(=O)O)cc3)cc2)c1. The highest BCUT2D eigenvalue weighted by molar-refractivity contribution is 7.84. The third-order valence-electron chi connectivity index (χ3n) is 6.24. The van der Waals surface area contributed by atoms with E-state index in [1.165, 1.54) is 0 Å². The van der Waals surface area contributed by atoms with Crippen molar-refractivity contribution in [2.45, 2.75) is 11.3 Å². The molecule has 5 nitrogen and oxygen atoms in total. The first kappa shape index (κ1) is 25.9. The van der Waals surface area contributed by atoms with Gasteiger partial charge in [0.15, 0.2) is 4.90 Å². The van der Waals surface area contributed by atoms with E-state index in [0.717, 1.165) is 38.7 Å². The highest BCUT2D eigenvalue weighted by Crippen LogP contribution is 2.31. The lowest BCUT2D eigenvalue weighted by Gasteiger charge is -2.09. The molecule has 0 radical (unpaired) electrons. The minimum atomic E-state index is -1.41. The zero-order chi connectivity index (χ0) is 26.8. The summed E-state index contributed by atoms with van der Waals surface area (Å²) in [7, 11) is -1.41. The van der Waals surface area contributed by atoms with Crippen LogP contribution in [0.25, 0.3) is 28.1 Å². The summed E-state index contributed by atoms with van der Waals surface area (Å²) >= 11 is 12.6. The van der Waals surface area contributed by atoms with E-state index in [9.17, 15) is 14.1 Å². The van der Waals surface area contributed by atoms with Gasteiger partial charge in [-0.25, -0.2) is 9.78 Å². The van der Waals surface area contributed by atoms with Crippen molar-refractivity contribution >= 4 is 40.0 Å². The number of halogens is 2. The first-order valence-corrected chi connectivity index (χ1v) is 14.2. The lowest BCUT2D eigenvalue weighted by Crippen LogP contribution is -2.03. The summed E-state index contributed by atoms with van der Waals surface area (Å²) in [4.78, 5) is 17.1. The summed E-state index contributed by atoms with van der Waals surface area (Å²) < 4.78 is 13.9. The van der Waals surface area contributed by atoms with E-state index < -0.39 is 16.8 Å². The smallest absolute Gasteiger partial charge is 0.335 e. The number of benzene rings is 4. The highest BCUT2D eigenvalue weighted by atomic mass is 35.5. The number of rotatable bonds is 7. The standard InChI is InChI=1S/C30H22Cl2N2O3S/c1-38(37)25-4-2-3-22(16-25)20-7-5-19(6-8-20)15-29-33-28(26-14-11-23(31)17-27(26)32)18-34(29)24-12-9-21(10-13-24)30(35)36/h2-14,16-18H,15H2,1H3,(H,35,36)/p+1. The fourth-order valence-electron chi connectivity index (χ4n) is 4.24. The Labute approximate surface area is 232 Å². The molecule has 0 fully saturated rings. The number of thiol groups is 1. The number of carbonyl (C=O) groups is 1. The first-order valence-electron chi connectivity index (χ1n) is 11.8. The molecule has 1 aromatic heterocycles. The van der Waals surface area contributed by atoms with Crippen molar-refractivity contribution in [2.24, 2.45) is 0 Å². The van der Waals surface area contributed by atoms with Crippen molar-refractivity contribution < 1.29 is 14.1 Å². The molecule has 0 bridgehead atoms. The van der Waals surface area contributed by atoms with Crippen molar-refractivity contribution in [3.8, 4) is 28.1 Å². The maximum Gasteiger partial charge on any atom is 0.335 e. The molecule has 0 amide bonds. The van der Waals surface area contributed by atoms with Gasteiger partial charge in [-0.3, -0.25) is 0 Å². The molecule has 1 heterocycles. The van der Waals surface area contributed by atoms with Crippen LogP contribution < -0.4 is 0 Å². The van der Waals surface area contributed by atoms with Gasteiger partial charge >= 0.3 is 5.97 Å². The molecule has 8 heteroatoms. The van der Waals surface area contributed by atoms with Crippen LogP contribution in [0.5, 0.6) is 0 Å². The maximum atomic E-state index is 11.9. The Morgan fingerprint density at radius 1 is 0.921 bits per heavy atom. The molecule has 0 saturated heterocycles. The van der Waals surface area contributed by atoms with Crippen LogP contribution >= 0.6 is 23.2 Å². The van der Waals surface area contributed by atoms with Crippen LogP contribution in [0, 0.1) is 0 Å².